The van der Waals surface area contributed by atoms with Gasteiger partial charge >= 0.3 is 5.69 Å². The molecule has 148 valence electrons. The number of nitrogens with one attached hydrogen (secondary N) is 3. The molecule has 1 aliphatic rings. The molecule has 0 aliphatic carbocycles. The zero-order valence-electron chi connectivity index (χ0n) is 15.5. The van der Waals surface area contributed by atoms with E-state index in [2.05, 4.69) is 15.6 Å². The number of amides is 2. The highest BCUT2D eigenvalue weighted by molar-refractivity contribution is 5.95. The van der Waals surface area contributed by atoms with Crippen LogP contribution in [0.15, 0.2) is 58.1 Å². The summed E-state index contributed by atoms with van der Waals surface area (Å²) in [5.74, 6) is -0.603. The van der Waals surface area contributed by atoms with Crippen molar-refractivity contribution in [2.75, 3.05) is 29.9 Å². The monoisotopic (exact) mass is 393 g/mol. The maximum absolute atomic E-state index is 12.6. The molecule has 4 rings (SSSR count). The number of hydrogen-bond acceptors (Lipinski definition) is 5. The standard InChI is InChI=1S/C20H19N5O4/c26-17-11-24(10-9-21-17)16-8-4-3-7-15(16)22-18(27)12-25-19(28)13-5-1-2-6-14(13)23-20(25)29/h1-8H,9-12H2,(H,21,26)(H,22,27)(H,23,29). The number of H-pyrrole nitrogens is 1. The van der Waals surface area contributed by atoms with Crippen LogP contribution in [0.4, 0.5) is 11.4 Å². The van der Waals surface area contributed by atoms with Gasteiger partial charge in [-0.05, 0) is 24.3 Å². The molecule has 1 fully saturated rings. The van der Waals surface area contributed by atoms with Gasteiger partial charge in [-0.25, -0.2) is 4.79 Å². The summed E-state index contributed by atoms with van der Waals surface area (Å²) in [4.78, 5) is 53.6. The van der Waals surface area contributed by atoms with Crippen molar-refractivity contribution in [1.29, 1.82) is 0 Å². The van der Waals surface area contributed by atoms with Gasteiger partial charge in [-0.2, -0.15) is 0 Å². The van der Waals surface area contributed by atoms with Crippen LogP contribution in [-0.4, -0.2) is 41.0 Å². The molecule has 0 bridgehead atoms. The van der Waals surface area contributed by atoms with Crippen molar-refractivity contribution in [2.24, 2.45) is 0 Å². The van der Waals surface area contributed by atoms with Crippen molar-refractivity contribution < 1.29 is 9.59 Å². The summed E-state index contributed by atoms with van der Waals surface area (Å²) in [5, 5.41) is 5.84. The van der Waals surface area contributed by atoms with E-state index in [1.807, 2.05) is 17.0 Å². The van der Waals surface area contributed by atoms with Crippen molar-refractivity contribution in [2.45, 2.75) is 6.54 Å². The molecule has 9 heteroatoms. The van der Waals surface area contributed by atoms with Crippen LogP contribution in [0.2, 0.25) is 0 Å². The van der Waals surface area contributed by atoms with Crippen molar-refractivity contribution >= 4 is 34.1 Å². The quantitative estimate of drug-likeness (QED) is 0.588. The van der Waals surface area contributed by atoms with E-state index >= 15 is 0 Å². The Morgan fingerprint density at radius 3 is 2.62 bits per heavy atom. The molecule has 9 nitrogen and oxygen atoms in total. The van der Waals surface area contributed by atoms with Gasteiger partial charge in [0, 0.05) is 13.1 Å². The fraction of sp³-hybridized carbons (Fsp3) is 0.200. The summed E-state index contributed by atoms with van der Waals surface area (Å²) in [6, 6.07) is 13.7. The fourth-order valence-corrected chi connectivity index (χ4v) is 3.38. The van der Waals surface area contributed by atoms with Crippen LogP contribution in [0.1, 0.15) is 0 Å². The fourth-order valence-electron chi connectivity index (χ4n) is 3.38. The second-order valence-corrected chi connectivity index (χ2v) is 6.70. The number of fused-ring (bicyclic) bond motifs is 1. The van der Waals surface area contributed by atoms with Crippen LogP contribution < -0.4 is 26.8 Å². The van der Waals surface area contributed by atoms with E-state index in [0.29, 0.717) is 35.4 Å². The first-order valence-electron chi connectivity index (χ1n) is 9.15. The molecule has 0 saturated carbocycles. The highest BCUT2D eigenvalue weighted by atomic mass is 16.2. The lowest BCUT2D eigenvalue weighted by atomic mass is 10.2. The average molecular weight is 393 g/mol. The van der Waals surface area contributed by atoms with Crippen LogP contribution in [0.25, 0.3) is 10.9 Å². The van der Waals surface area contributed by atoms with Gasteiger partial charge in [0.15, 0.2) is 0 Å². The Morgan fingerprint density at radius 2 is 1.79 bits per heavy atom. The van der Waals surface area contributed by atoms with Gasteiger partial charge in [-0.15, -0.1) is 0 Å². The average Bonchev–Trinajstić information content (AvgIpc) is 2.71. The summed E-state index contributed by atoms with van der Waals surface area (Å²) in [5.41, 5.74) is 0.464. The summed E-state index contributed by atoms with van der Waals surface area (Å²) in [6.45, 7) is 0.899. The minimum atomic E-state index is -0.648. The Balaban J connectivity index is 1.59. The Morgan fingerprint density at radius 1 is 1.03 bits per heavy atom. The first-order valence-corrected chi connectivity index (χ1v) is 9.15. The van der Waals surface area contributed by atoms with Crippen molar-refractivity contribution in [3.05, 3.63) is 69.4 Å². The molecule has 3 N–H and O–H groups in total. The van der Waals surface area contributed by atoms with E-state index in [-0.39, 0.29) is 12.5 Å². The SMILES string of the molecule is O=C1CN(c2ccccc2NC(=O)Cn2c(=O)[nH]c3ccccc3c2=O)CCN1. The molecule has 1 saturated heterocycles. The minimum Gasteiger partial charge on any atom is -0.359 e. The third-order valence-electron chi connectivity index (χ3n) is 4.75. The highest BCUT2D eigenvalue weighted by Crippen LogP contribution is 2.26. The number of hydrogen-bond donors (Lipinski definition) is 3. The van der Waals surface area contributed by atoms with Crippen LogP contribution in [-0.2, 0) is 16.1 Å². The number of carbonyl (C=O) groups is 2. The molecule has 0 radical (unpaired) electrons. The van der Waals surface area contributed by atoms with Gasteiger partial charge in [0.25, 0.3) is 5.56 Å². The summed E-state index contributed by atoms with van der Waals surface area (Å²) < 4.78 is 0.870. The Labute approximate surface area is 165 Å². The predicted molar refractivity (Wildman–Crippen MR) is 109 cm³/mol. The van der Waals surface area contributed by atoms with E-state index in [4.69, 9.17) is 0 Å². The van der Waals surface area contributed by atoms with Crippen molar-refractivity contribution in [1.82, 2.24) is 14.9 Å². The van der Waals surface area contributed by atoms with E-state index in [9.17, 15) is 19.2 Å². The Kier molecular flexibility index (Phi) is 4.86. The molecule has 1 aromatic heterocycles. The van der Waals surface area contributed by atoms with Gasteiger partial charge in [0.1, 0.15) is 6.54 Å². The molecule has 0 atom stereocenters. The topological polar surface area (TPSA) is 116 Å². The smallest absolute Gasteiger partial charge is 0.329 e. The molecule has 29 heavy (non-hydrogen) atoms. The number of para-hydroxylation sites is 3. The first-order chi connectivity index (χ1) is 14.0. The Bertz CT molecular complexity index is 1210. The van der Waals surface area contributed by atoms with Crippen molar-refractivity contribution in [3.8, 4) is 0 Å². The number of rotatable bonds is 4. The van der Waals surface area contributed by atoms with Crippen molar-refractivity contribution in [3.63, 3.8) is 0 Å². The molecule has 0 spiro atoms. The molecule has 1 aliphatic heterocycles. The maximum atomic E-state index is 12.6. The molecule has 2 amide bonds. The zero-order valence-corrected chi connectivity index (χ0v) is 15.5. The molecule has 3 aromatic rings. The minimum absolute atomic E-state index is 0.0911. The van der Waals surface area contributed by atoms with Crippen LogP contribution in [0, 0.1) is 0 Å². The molecular weight excluding hydrogens is 374 g/mol. The normalized spacial score (nSPS) is 13.9. The zero-order chi connectivity index (χ0) is 20.4. The Hall–Kier alpha value is -3.88. The molecular formula is C20H19N5O4. The second kappa shape index (κ2) is 7.63. The molecule has 2 heterocycles. The third kappa shape index (κ3) is 3.75. The lowest BCUT2D eigenvalue weighted by molar-refractivity contribution is -0.120. The first kappa shape index (κ1) is 18.5. The number of nitrogens with zero attached hydrogens (tertiary/aromatic N) is 2. The van der Waals surface area contributed by atoms with E-state index in [0.717, 1.165) is 4.57 Å². The molecule has 2 aromatic carbocycles. The summed E-state index contributed by atoms with van der Waals surface area (Å²) >= 11 is 0. The number of aromatic nitrogens is 2. The van der Waals surface area contributed by atoms with E-state index in [1.165, 1.54) is 0 Å². The number of aromatic amines is 1. The number of anilines is 2. The third-order valence-corrected chi connectivity index (χ3v) is 4.75. The number of benzene rings is 2. The van der Waals surface area contributed by atoms with Crippen LogP contribution in [0.3, 0.4) is 0 Å². The van der Waals surface area contributed by atoms with Crippen LogP contribution in [0.5, 0.6) is 0 Å². The summed E-state index contributed by atoms with van der Waals surface area (Å²) in [7, 11) is 0. The van der Waals surface area contributed by atoms with E-state index < -0.39 is 23.7 Å². The maximum Gasteiger partial charge on any atom is 0.329 e. The lowest BCUT2D eigenvalue weighted by Gasteiger charge is -2.30. The number of carbonyl (C=O) groups excluding carboxylic acids is 2. The lowest BCUT2D eigenvalue weighted by Crippen LogP contribution is -2.48. The van der Waals surface area contributed by atoms with Gasteiger partial charge in [0.05, 0.1) is 28.8 Å². The van der Waals surface area contributed by atoms with Gasteiger partial charge in [-0.3, -0.25) is 19.0 Å². The van der Waals surface area contributed by atoms with E-state index in [1.54, 1.807) is 36.4 Å². The highest BCUT2D eigenvalue weighted by Gasteiger charge is 2.20. The van der Waals surface area contributed by atoms with Gasteiger partial charge in [-0.1, -0.05) is 24.3 Å². The largest absolute Gasteiger partial charge is 0.359 e. The van der Waals surface area contributed by atoms with Gasteiger partial charge in [0.2, 0.25) is 11.8 Å². The predicted octanol–water partition coefficient (Wildman–Crippen LogP) is 0.265. The number of piperazine rings is 1. The second-order valence-electron chi connectivity index (χ2n) is 6.70. The van der Waals surface area contributed by atoms with Crippen LogP contribution >= 0.6 is 0 Å². The molecule has 0 unspecified atom stereocenters. The van der Waals surface area contributed by atoms with Gasteiger partial charge < -0.3 is 20.5 Å². The summed E-state index contributed by atoms with van der Waals surface area (Å²) in [6.07, 6.45) is 0.